The minimum atomic E-state index is 0.0226. The van der Waals surface area contributed by atoms with Crippen LogP contribution >= 0.6 is 0 Å². The number of fused-ring (bicyclic) bond motifs is 1. The van der Waals surface area contributed by atoms with Crippen molar-refractivity contribution in [1.29, 1.82) is 0 Å². The lowest BCUT2D eigenvalue weighted by Crippen LogP contribution is -2.15. The molecule has 0 aliphatic heterocycles. The number of anilines is 1. The lowest BCUT2D eigenvalue weighted by molar-refractivity contribution is -0.115. The molecule has 1 N–H and O–H groups in total. The molecular formula is C20H22N2O. The van der Waals surface area contributed by atoms with Gasteiger partial charge in [0.25, 0.3) is 0 Å². The van der Waals surface area contributed by atoms with E-state index >= 15 is 0 Å². The average molecular weight is 306 g/mol. The standard InChI is InChI=1S/C20H22N2O/c1-13-9-14(2)11-16(10-13)21-20(23)12-18-15(3)22(4)19-8-6-5-7-17(18)19/h5-11H,12H2,1-4H3,(H,21,23). The number of rotatable bonds is 3. The van der Waals surface area contributed by atoms with Crippen LogP contribution in [0.3, 0.4) is 0 Å². The third-order valence-electron chi connectivity index (χ3n) is 4.37. The van der Waals surface area contributed by atoms with Crippen molar-refractivity contribution in [2.75, 3.05) is 5.32 Å². The monoisotopic (exact) mass is 306 g/mol. The second-order valence-corrected chi connectivity index (χ2v) is 6.24. The summed E-state index contributed by atoms with van der Waals surface area (Å²) in [6.45, 7) is 6.15. The molecule has 0 fully saturated rings. The van der Waals surface area contributed by atoms with E-state index in [9.17, 15) is 4.79 Å². The van der Waals surface area contributed by atoms with Gasteiger partial charge in [-0.05, 0) is 55.7 Å². The van der Waals surface area contributed by atoms with Gasteiger partial charge >= 0.3 is 0 Å². The topological polar surface area (TPSA) is 34.0 Å². The zero-order valence-electron chi connectivity index (χ0n) is 14.1. The van der Waals surface area contributed by atoms with Crippen LogP contribution in [0.5, 0.6) is 0 Å². The molecule has 2 aromatic carbocycles. The zero-order valence-corrected chi connectivity index (χ0v) is 14.1. The van der Waals surface area contributed by atoms with Crippen molar-refractivity contribution in [2.24, 2.45) is 7.05 Å². The molecule has 3 heteroatoms. The van der Waals surface area contributed by atoms with Gasteiger partial charge in [-0.1, -0.05) is 24.3 Å². The summed E-state index contributed by atoms with van der Waals surface area (Å²) in [6.07, 6.45) is 0.389. The van der Waals surface area contributed by atoms with Gasteiger partial charge in [-0.15, -0.1) is 0 Å². The van der Waals surface area contributed by atoms with Crippen LogP contribution in [0, 0.1) is 20.8 Å². The summed E-state index contributed by atoms with van der Waals surface area (Å²) >= 11 is 0. The number of nitrogens with one attached hydrogen (secondary N) is 1. The van der Waals surface area contributed by atoms with Crippen molar-refractivity contribution in [3.05, 3.63) is 64.8 Å². The highest BCUT2D eigenvalue weighted by Crippen LogP contribution is 2.25. The Balaban J connectivity index is 1.87. The quantitative estimate of drug-likeness (QED) is 0.769. The van der Waals surface area contributed by atoms with E-state index in [0.717, 1.165) is 33.5 Å². The van der Waals surface area contributed by atoms with Crippen molar-refractivity contribution < 1.29 is 4.79 Å². The Hall–Kier alpha value is -2.55. The molecule has 0 bridgehead atoms. The fourth-order valence-electron chi connectivity index (χ4n) is 3.24. The molecule has 118 valence electrons. The highest BCUT2D eigenvalue weighted by Gasteiger charge is 2.14. The van der Waals surface area contributed by atoms with E-state index in [-0.39, 0.29) is 5.91 Å². The molecule has 3 aromatic rings. The summed E-state index contributed by atoms with van der Waals surface area (Å²) in [5, 5.41) is 4.18. The Morgan fingerprint density at radius 3 is 2.39 bits per heavy atom. The summed E-state index contributed by atoms with van der Waals surface area (Å²) in [4.78, 5) is 12.5. The smallest absolute Gasteiger partial charge is 0.228 e. The van der Waals surface area contributed by atoms with E-state index in [0.29, 0.717) is 6.42 Å². The summed E-state index contributed by atoms with van der Waals surface area (Å²) < 4.78 is 2.15. The number of para-hydroxylation sites is 1. The highest BCUT2D eigenvalue weighted by atomic mass is 16.1. The lowest BCUT2D eigenvalue weighted by Gasteiger charge is -2.08. The second-order valence-electron chi connectivity index (χ2n) is 6.24. The third-order valence-corrected chi connectivity index (χ3v) is 4.37. The molecule has 0 aliphatic rings. The van der Waals surface area contributed by atoms with Gasteiger partial charge < -0.3 is 9.88 Å². The van der Waals surface area contributed by atoms with Crippen LogP contribution in [0.25, 0.3) is 10.9 Å². The van der Waals surface area contributed by atoms with Gasteiger partial charge in [-0.2, -0.15) is 0 Å². The Morgan fingerprint density at radius 2 is 1.70 bits per heavy atom. The summed E-state index contributed by atoms with van der Waals surface area (Å²) in [7, 11) is 2.04. The first-order chi connectivity index (χ1) is 11.0. The van der Waals surface area contributed by atoms with Crippen LogP contribution < -0.4 is 5.32 Å². The Morgan fingerprint density at radius 1 is 1.04 bits per heavy atom. The van der Waals surface area contributed by atoms with Gasteiger partial charge in [0.05, 0.1) is 6.42 Å². The summed E-state index contributed by atoms with van der Waals surface area (Å²) in [6, 6.07) is 14.3. The van der Waals surface area contributed by atoms with Gasteiger partial charge in [0, 0.05) is 29.3 Å². The lowest BCUT2D eigenvalue weighted by atomic mass is 10.1. The Bertz CT molecular complexity index is 870. The first-order valence-corrected chi connectivity index (χ1v) is 7.87. The fourth-order valence-corrected chi connectivity index (χ4v) is 3.24. The maximum absolute atomic E-state index is 12.5. The second kappa shape index (κ2) is 5.92. The van der Waals surface area contributed by atoms with Crippen molar-refractivity contribution in [3.8, 4) is 0 Å². The molecule has 0 atom stereocenters. The van der Waals surface area contributed by atoms with E-state index in [1.54, 1.807) is 0 Å². The van der Waals surface area contributed by atoms with E-state index < -0.39 is 0 Å². The van der Waals surface area contributed by atoms with Crippen molar-refractivity contribution in [1.82, 2.24) is 4.57 Å². The summed E-state index contributed by atoms with van der Waals surface area (Å²) in [5.74, 6) is 0.0226. The number of nitrogens with zero attached hydrogens (tertiary/aromatic N) is 1. The molecule has 3 nitrogen and oxygen atoms in total. The fraction of sp³-hybridized carbons (Fsp3) is 0.250. The first kappa shape index (κ1) is 15.3. The number of hydrogen-bond donors (Lipinski definition) is 1. The SMILES string of the molecule is Cc1cc(C)cc(NC(=O)Cc2c(C)n(C)c3ccccc23)c1. The molecule has 0 saturated heterocycles. The highest BCUT2D eigenvalue weighted by molar-refractivity contribution is 5.96. The van der Waals surface area contributed by atoms with Gasteiger partial charge in [0.1, 0.15) is 0 Å². The molecule has 1 heterocycles. The van der Waals surface area contributed by atoms with Crippen LogP contribution in [0.2, 0.25) is 0 Å². The number of carbonyl (C=O) groups excluding carboxylic acids is 1. The summed E-state index contributed by atoms with van der Waals surface area (Å²) in [5.41, 5.74) is 6.58. The number of hydrogen-bond acceptors (Lipinski definition) is 1. The van der Waals surface area contributed by atoms with E-state index in [1.807, 2.05) is 45.2 Å². The molecule has 0 saturated carbocycles. The van der Waals surface area contributed by atoms with Crippen LogP contribution in [0.15, 0.2) is 42.5 Å². The largest absolute Gasteiger partial charge is 0.348 e. The molecule has 0 spiro atoms. The molecule has 0 aliphatic carbocycles. The molecule has 0 unspecified atom stereocenters. The van der Waals surface area contributed by atoms with Gasteiger partial charge in [0.15, 0.2) is 0 Å². The third kappa shape index (κ3) is 3.00. The van der Waals surface area contributed by atoms with Crippen molar-refractivity contribution in [2.45, 2.75) is 27.2 Å². The predicted octanol–water partition coefficient (Wildman–Crippen LogP) is 4.28. The minimum Gasteiger partial charge on any atom is -0.348 e. The molecule has 1 amide bonds. The molecule has 0 radical (unpaired) electrons. The van der Waals surface area contributed by atoms with Crippen LogP contribution in [0.4, 0.5) is 5.69 Å². The minimum absolute atomic E-state index is 0.0226. The van der Waals surface area contributed by atoms with Crippen LogP contribution in [-0.2, 0) is 18.3 Å². The first-order valence-electron chi connectivity index (χ1n) is 7.87. The van der Waals surface area contributed by atoms with E-state index in [4.69, 9.17) is 0 Å². The average Bonchev–Trinajstić information content (AvgIpc) is 2.72. The van der Waals surface area contributed by atoms with Crippen LogP contribution in [0.1, 0.15) is 22.4 Å². The van der Waals surface area contributed by atoms with Gasteiger partial charge in [-0.25, -0.2) is 0 Å². The van der Waals surface area contributed by atoms with Crippen molar-refractivity contribution >= 4 is 22.5 Å². The maximum Gasteiger partial charge on any atom is 0.228 e. The molecular weight excluding hydrogens is 284 g/mol. The molecule has 3 rings (SSSR count). The zero-order chi connectivity index (χ0) is 16.6. The Kier molecular flexibility index (Phi) is 3.95. The molecule has 1 aromatic heterocycles. The van der Waals surface area contributed by atoms with E-state index in [1.165, 1.54) is 5.52 Å². The number of amides is 1. The predicted molar refractivity (Wildman–Crippen MR) is 95.9 cm³/mol. The number of aryl methyl sites for hydroxylation is 3. The Labute approximate surface area is 136 Å². The van der Waals surface area contributed by atoms with Crippen molar-refractivity contribution in [3.63, 3.8) is 0 Å². The maximum atomic E-state index is 12.5. The van der Waals surface area contributed by atoms with E-state index in [2.05, 4.69) is 35.0 Å². The molecule has 23 heavy (non-hydrogen) atoms. The number of aromatic nitrogens is 1. The van der Waals surface area contributed by atoms with Crippen LogP contribution in [-0.4, -0.2) is 10.5 Å². The number of benzene rings is 2. The normalized spacial score (nSPS) is 11.0. The number of carbonyl (C=O) groups is 1. The van der Waals surface area contributed by atoms with Gasteiger partial charge in [0.2, 0.25) is 5.91 Å². The van der Waals surface area contributed by atoms with Gasteiger partial charge in [-0.3, -0.25) is 4.79 Å².